The van der Waals surface area contributed by atoms with Crippen molar-refractivity contribution in [2.75, 3.05) is 32.7 Å². The summed E-state index contributed by atoms with van der Waals surface area (Å²) in [5.74, 6) is -0.385. The molecule has 1 aliphatic rings. The molecule has 0 aromatic heterocycles. The zero-order valence-electron chi connectivity index (χ0n) is 11.6. The summed E-state index contributed by atoms with van der Waals surface area (Å²) in [7, 11) is 0. The molecule has 20 heavy (non-hydrogen) atoms. The minimum absolute atomic E-state index is 0.108. The molecule has 0 spiro atoms. The van der Waals surface area contributed by atoms with E-state index in [0.29, 0.717) is 31.2 Å². The number of carbonyl (C=O) groups excluding carboxylic acids is 1. The zero-order valence-corrected chi connectivity index (χ0v) is 11.6. The van der Waals surface area contributed by atoms with Gasteiger partial charge in [0.2, 0.25) is 0 Å². The fraction of sp³-hybridized carbons (Fsp3) is 0.500. The van der Waals surface area contributed by atoms with Gasteiger partial charge >= 0.3 is 0 Å². The van der Waals surface area contributed by atoms with E-state index in [9.17, 15) is 15.0 Å². The SMILES string of the molecule is CC(CN)N1CCN(C(=O)c2cc(O)cc(O)c2)CC1. The highest BCUT2D eigenvalue weighted by molar-refractivity contribution is 5.95. The number of nitrogens with zero attached hydrogens (tertiary/aromatic N) is 2. The van der Waals surface area contributed by atoms with Gasteiger partial charge in [-0.15, -0.1) is 0 Å². The minimum atomic E-state index is -0.170. The minimum Gasteiger partial charge on any atom is -0.508 e. The van der Waals surface area contributed by atoms with Crippen LogP contribution in [-0.2, 0) is 0 Å². The van der Waals surface area contributed by atoms with Crippen LogP contribution in [0.15, 0.2) is 18.2 Å². The summed E-state index contributed by atoms with van der Waals surface area (Å²) in [5.41, 5.74) is 5.95. The molecule has 110 valence electrons. The van der Waals surface area contributed by atoms with Crippen molar-refractivity contribution in [3.05, 3.63) is 23.8 Å². The summed E-state index contributed by atoms with van der Waals surface area (Å²) >= 11 is 0. The molecule has 1 atom stereocenters. The predicted molar refractivity (Wildman–Crippen MR) is 75.8 cm³/mol. The maximum atomic E-state index is 12.3. The standard InChI is InChI=1S/C14H21N3O3/c1-10(9-15)16-2-4-17(5-3-16)14(20)11-6-12(18)8-13(19)7-11/h6-8,10,18-19H,2-5,9,15H2,1H3. The molecule has 1 heterocycles. The van der Waals surface area contributed by atoms with E-state index < -0.39 is 0 Å². The van der Waals surface area contributed by atoms with E-state index in [1.807, 2.05) is 0 Å². The second kappa shape index (κ2) is 6.11. The number of rotatable bonds is 3. The van der Waals surface area contributed by atoms with Crippen LogP contribution in [0.5, 0.6) is 11.5 Å². The fourth-order valence-electron chi connectivity index (χ4n) is 2.42. The van der Waals surface area contributed by atoms with Crippen molar-refractivity contribution >= 4 is 5.91 Å². The molecule has 1 amide bonds. The number of nitrogens with two attached hydrogens (primary N) is 1. The van der Waals surface area contributed by atoms with Crippen molar-refractivity contribution in [3.8, 4) is 11.5 Å². The normalized spacial score (nSPS) is 18.0. The van der Waals surface area contributed by atoms with E-state index in [4.69, 9.17) is 5.73 Å². The van der Waals surface area contributed by atoms with Crippen LogP contribution in [0.25, 0.3) is 0 Å². The molecular weight excluding hydrogens is 258 g/mol. The molecule has 1 aliphatic heterocycles. The molecule has 4 N–H and O–H groups in total. The van der Waals surface area contributed by atoms with E-state index in [1.54, 1.807) is 4.90 Å². The molecule has 0 radical (unpaired) electrons. The third-order valence-corrected chi connectivity index (χ3v) is 3.72. The molecule has 1 unspecified atom stereocenters. The van der Waals surface area contributed by atoms with Crippen molar-refractivity contribution in [2.24, 2.45) is 5.73 Å². The van der Waals surface area contributed by atoms with Gasteiger partial charge in [-0.25, -0.2) is 0 Å². The number of hydrogen-bond acceptors (Lipinski definition) is 5. The zero-order chi connectivity index (χ0) is 14.7. The van der Waals surface area contributed by atoms with Gasteiger partial charge in [0, 0.05) is 50.4 Å². The summed E-state index contributed by atoms with van der Waals surface area (Å²) in [6, 6.07) is 4.27. The third-order valence-electron chi connectivity index (χ3n) is 3.72. The summed E-state index contributed by atoms with van der Waals surface area (Å²) in [4.78, 5) is 16.3. The fourth-order valence-corrected chi connectivity index (χ4v) is 2.42. The number of benzene rings is 1. The summed E-state index contributed by atoms with van der Waals surface area (Å²) < 4.78 is 0. The van der Waals surface area contributed by atoms with E-state index in [2.05, 4.69) is 11.8 Å². The summed E-state index contributed by atoms with van der Waals surface area (Å²) in [5, 5.41) is 18.9. The quantitative estimate of drug-likeness (QED) is 0.735. The van der Waals surface area contributed by atoms with Crippen LogP contribution in [0.2, 0.25) is 0 Å². The Morgan fingerprint density at radius 1 is 1.20 bits per heavy atom. The highest BCUT2D eigenvalue weighted by Gasteiger charge is 2.24. The van der Waals surface area contributed by atoms with E-state index in [1.165, 1.54) is 18.2 Å². The van der Waals surface area contributed by atoms with Gasteiger partial charge in [0.1, 0.15) is 11.5 Å². The van der Waals surface area contributed by atoms with Crippen LogP contribution in [0.1, 0.15) is 17.3 Å². The summed E-state index contributed by atoms with van der Waals surface area (Å²) in [6.07, 6.45) is 0. The van der Waals surface area contributed by atoms with E-state index in [0.717, 1.165) is 13.1 Å². The number of amides is 1. The third kappa shape index (κ3) is 3.20. The largest absolute Gasteiger partial charge is 0.508 e. The molecule has 0 aliphatic carbocycles. The Labute approximate surface area is 118 Å². The van der Waals surface area contributed by atoms with Crippen molar-refractivity contribution in [3.63, 3.8) is 0 Å². The number of carbonyl (C=O) groups is 1. The lowest BCUT2D eigenvalue weighted by Crippen LogP contribution is -2.52. The molecule has 1 saturated heterocycles. The number of piperazine rings is 1. The van der Waals surface area contributed by atoms with Gasteiger partial charge in [0.25, 0.3) is 5.91 Å². The Balaban J connectivity index is 2.01. The Morgan fingerprint density at radius 2 is 1.75 bits per heavy atom. The predicted octanol–water partition coefficient (Wildman–Crippen LogP) is 0.203. The van der Waals surface area contributed by atoms with Crippen LogP contribution >= 0.6 is 0 Å². The lowest BCUT2D eigenvalue weighted by Gasteiger charge is -2.37. The highest BCUT2D eigenvalue weighted by atomic mass is 16.3. The monoisotopic (exact) mass is 279 g/mol. The molecule has 0 bridgehead atoms. The van der Waals surface area contributed by atoms with Gasteiger partial charge in [-0.1, -0.05) is 0 Å². The molecular formula is C14H21N3O3. The van der Waals surface area contributed by atoms with Gasteiger partial charge < -0.3 is 20.8 Å². The second-order valence-corrected chi connectivity index (χ2v) is 5.15. The highest BCUT2D eigenvalue weighted by Crippen LogP contribution is 2.22. The van der Waals surface area contributed by atoms with Gasteiger partial charge in [-0.2, -0.15) is 0 Å². The Kier molecular flexibility index (Phi) is 4.46. The topological polar surface area (TPSA) is 90.0 Å². The van der Waals surface area contributed by atoms with Crippen molar-refractivity contribution in [2.45, 2.75) is 13.0 Å². The Morgan fingerprint density at radius 3 is 2.25 bits per heavy atom. The Bertz CT molecular complexity index is 464. The van der Waals surface area contributed by atoms with Gasteiger partial charge in [-0.05, 0) is 19.1 Å². The molecule has 1 fully saturated rings. The lowest BCUT2D eigenvalue weighted by molar-refractivity contribution is 0.0588. The van der Waals surface area contributed by atoms with Crippen LogP contribution in [0.4, 0.5) is 0 Å². The lowest BCUT2D eigenvalue weighted by atomic mass is 10.1. The number of hydrogen-bond donors (Lipinski definition) is 3. The maximum absolute atomic E-state index is 12.3. The van der Waals surface area contributed by atoms with Gasteiger partial charge in [-0.3, -0.25) is 9.69 Å². The molecule has 0 saturated carbocycles. The first kappa shape index (κ1) is 14.6. The van der Waals surface area contributed by atoms with Gasteiger partial charge in [0.05, 0.1) is 0 Å². The number of phenols is 2. The van der Waals surface area contributed by atoms with Crippen LogP contribution in [0.3, 0.4) is 0 Å². The van der Waals surface area contributed by atoms with E-state index in [-0.39, 0.29) is 17.4 Å². The first-order valence-electron chi connectivity index (χ1n) is 6.77. The Hall–Kier alpha value is -1.79. The van der Waals surface area contributed by atoms with Crippen LogP contribution < -0.4 is 5.73 Å². The van der Waals surface area contributed by atoms with Crippen molar-refractivity contribution in [1.82, 2.24) is 9.80 Å². The first-order valence-corrected chi connectivity index (χ1v) is 6.77. The van der Waals surface area contributed by atoms with Crippen molar-refractivity contribution in [1.29, 1.82) is 0 Å². The average Bonchev–Trinajstić information content (AvgIpc) is 2.45. The average molecular weight is 279 g/mol. The van der Waals surface area contributed by atoms with Crippen LogP contribution in [-0.4, -0.2) is 64.7 Å². The van der Waals surface area contributed by atoms with E-state index >= 15 is 0 Å². The molecule has 6 nitrogen and oxygen atoms in total. The second-order valence-electron chi connectivity index (χ2n) is 5.15. The number of aromatic hydroxyl groups is 2. The maximum Gasteiger partial charge on any atom is 0.254 e. The van der Waals surface area contributed by atoms with Crippen LogP contribution in [0, 0.1) is 0 Å². The molecule has 2 rings (SSSR count). The smallest absolute Gasteiger partial charge is 0.254 e. The number of phenolic OH excluding ortho intramolecular Hbond substituents is 2. The van der Waals surface area contributed by atoms with Gasteiger partial charge in [0.15, 0.2) is 0 Å². The molecule has 6 heteroatoms. The first-order chi connectivity index (χ1) is 9.51. The molecule has 1 aromatic carbocycles. The molecule has 1 aromatic rings. The van der Waals surface area contributed by atoms with Crippen molar-refractivity contribution < 1.29 is 15.0 Å². The summed E-state index contributed by atoms with van der Waals surface area (Å²) in [6.45, 7) is 5.50.